The van der Waals surface area contributed by atoms with E-state index >= 15 is 0 Å². The number of benzene rings is 2. The highest BCUT2D eigenvalue weighted by Crippen LogP contribution is 2.18. The lowest BCUT2D eigenvalue weighted by molar-refractivity contribution is 0.242. The fourth-order valence-electron chi connectivity index (χ4n) is 2.02. The summed E-state index contributed by atoms with van der Waals surface area (Å²) >= 11 is 0. The van der Waals surface area contributed by atoms with Gasteiger partial charge in [-0.1, -0.05) is 47.6 Å². The molecular formula is C17H13N3O2. The van der Waals surface area contributed by atoms with E-state index in [4.69, 9.17) is 14.5 Å². The van der Waals surface area contributed by atoms with Gasteiger partial charge in [0, 0.05) is 6.42 Å². The second-order valence-corrected chi connectivity index (χ2v) is 4.66. The third-order valence-electron chi connectivity index (χ3n) is 3.07. The Hall–Kier alpha value is -3.13. The summed E-state index contributed by atoms with van der Waals surface area (Å²) in [6.45, 7) is 0.139. The molecule has 0 N–H and O–H groups in total. The van der Waals surface area contributed by atoms with Gasteiger partial charge in [0.2, 0.25) is 0 Å². The first kappa shape index (κ1) is 13.8. The number of nitrogens with zero attached hydrogens (tertiary/aromatic N) is 3. The van der Waals surface area contributed by atoms with Gasteiger partial charge in [-0.05, 0) is 17.7 Å². The molecule has 0 aliphatic carbocycles. The van der Waals surface area contributed by atoms with Crippen LogP contribution in [0.5, 0.6) is 5.75 Å². The van der Waals surface area contributed by atoms with Crippen LogP contribution in [0.15, 0.2) is 59.1 Å². The molecule has 0 fully saturated rings. The number of nitriles is 1. The van der Waals surface area contributed by atoms with E-state index in [1.807, 2.05) is 36.4 Å². The van der Waals surface area contributed by atoms with E-state index in [1.165, 1.54) is 0 Å². The van der Waals surface area contributed by atoms with Gasteiger partial charge >= 0.3 is 0 Å². The van der Waals surface area contributed by atoms with E-state index in [0.717, 1.165) is 5.56 Å². The summed E-state index contributed by atoms with van der Waals surface area (Å²) in [5.74, 6) is 1.50. The number of hydrogen-bond acceptors (Lipinski definition) is 5. The lowest BCUT2D eigenvalue weighted by Crippen LogP contribution is -1.98. The molecule has 0 aliphatic rings. The van der Waals surface area contributed by atoms with Crippen molar-refractivity contribution < 1.29 is 9.26 Å². The second kappa shape index (κ2) is 6.55. The summed E-state index contributed by atoms with van der Waals surface area (Å²) in [4.78, 5) is 4.29. The van der Waals surface area contributed by atoms with Crippen LogP contribution < -0.4 is 4.74 Å². The molecule has 108 valence electrons. The molecule has 0 aliphatic heterocycles. The van der Waals surface area contributed by atoms with Crippen LogP contribution in [0.3, 0.4) is 0 Å². The van der Waals surface area contributed by atoms with Crippen molar-refractivity contribution >= 4 is 0 Å². The number of hydrogen-bond donors (Lipinski definition) is 0. The van der Waals surface area contributed by atoms with Crippen LogP contribution >= 0.6 is 0 Å². The van der Waals surface area contributed by atoms with Crippen molar-refractivity contribution in [1.29, 1.82) is 5.26 Å². The van der Waals surface area contributed by atoms with Crippen LogP contribution in [0.2, 0.25) is 0 Å². The van der Waals surface area contributed by atoms with Crippen molar-refractivity contribution in [3.8, 4) is 11.8 Å². The summed E-state index contributed by atoms with van der Waals surface area (Å²) in [6, 6.07) is 19.0. The lowest BCUT2D eigenvalue weighted by Gasteiger charge is -2.03. The average molecular weight is 291 g/mol. The molecule has 1 heterocycles. The number of rotatable bonds is 5. The summed E-state index contributed by atoms with van der Waals surface area (Å²) in [5, 5.41) is 12.9. The van der Waals surface area contributed by atoms with Crippen molar-refractivity contribution in [2.45, 2.75) is 13.0 Å². The van der Waals surface area contributed by atoms with Crippen LogP contribution in [0.25, 0.3) is 0 Å². The van der Waals surface area contributed by atoms with Crippen LogP contribution in [0.1, 0.15) is 22.8 Å². The summed E-state index contributed by atoms with van der Waals surface area (Å²) in [7, 11) is 0. The van der Waals surface area contributed by atoms with E-state index in [-0.39, 0.29) is 6.61 Å². The number of ether oxygens (including phenoxy) is 1. The Balaban J connectivity index is 1.64. The first-order valence-electron chi connectivity index (χ1n) is 6.82. The fourth-order valence-corrected chi connectivity index (χ4v) is 2.02. The molecular weight excluding hydrogens is 278 g/mol. The van der Waals surface area contributed by atoms with E-state index in [1.54, 1.807) is 18.2 Å². The maximum absolute atomic E-state index is 9.00. The third-order valence-corrected chi connectivity index (χ3v) is 3.07. The van der Waals surface area contributed by atoms with Crippen molar-refractivity contribution in [3.05, 3.63) is 77.4 Å². The van der Waals surface area contributed by atoms with Gasteiger partial charge in [-0.25, -0.2) is 0 Å². The highest BCUT2D eigenvalue weighted by molar-refractivity contribution is 5.42. The topological polar surface area (TPSA) is 71.9 Å². The minimum Gasteiger partial charge on any atom is -0.482 e. The Morgan fingerprint density at radius 1 is 1.05 bits per heavy atom. The zero-order chi connectivity index (χ0) is 15.2. The molecule has 5 heteroatoms. The Labute approximate surface area is 127 Å². The molecule has 0 bridgehead atoms. The Bertz CT molecular complexity index is 791. The maximum atomic E-state index is 9.00. The highest BCUT2D eigenvalue weighted by atomic mass is 16.5. The van der Waals surface area contributed by atoms with Crippen molar-refractivity contribution in [3.63, 3.8) is 0 Å². The van der Waals surface area contributed by atoms with Gasteiger partial charge in [-0.2, -0.15) is 10.2 Å². The standard InChI is InChI=1S/C17H13N3O2/c18-11-14-8-4-5-9-15(14)21-12-17-19-16(20-22-17)10-13-6-2-1-3-7-13/h1-9H,10,12H2. The fraction of sp³-hybridized carbons (Fsp3) is 0.118. The van der Waals surface area contributed by atoms with Gasteiger partial charge in [-0.15, -0.1) is 0 Å². The molecule has 3 aromatic rings. The van der Waals surface area contributed by atoms with Crippen LogP contribution in [0, 0.1) is 11.3 Å². The maximum Gasteiger partial charge on any atom is 0.264 e. The predicted octanol–water partition coefficient (Wildman–Crippen LogP) is 3.11. The molecule has 0 spiro atoms. The Morgan fingerprint density at radius 2 is 1.82 bits per heavy atom. The smallest absolute Gasteiger partial charge is 0.264 e. The molecule has 3 rings (SSSR count). The molecule has 0 atom stereocenters. The van der Waals surface area contributed by atoms with E-state index < -0.39 is 0 Å². The molecule has 2 aromatic carbocycles. The predicted molar refractivity (Wildman–Crippen MR) is 79.0 cm³/mol. The van der Waals surface area contributed by atoms with E-state index in [2.05, 4.69) is 16.2 Å². The van der Waals surface area contributed by atoms with Crippen molar-refractivity contribution in [2.24, 2.45) is 0 Å². The number of para-hydroxylation sites is 1. The summed E-state index contributed by atoms with van der Waals surface area (Å²) in [5.41, 5.74) is 1.59. The Morgan fingerprint density at radius 3 is 2.64 bits per heavy atom. The minimum absolute atomic E-state index is 0.139. The zero-order valence-corrected chi connectivity index (χ0v) is 11.8. The van der Waals surface area contributed by atoms with Crippen LogP contribution in [-0.2, 0) is 13.0 Å². The zero-order valence-electron chi connectivity index (χ0n) is 11.8. The quantitative estimate of drug-likeness (QED) is 0.722. The molecule has 5 nitrogen and oxygen atoms in total. The SMILES string of the molecule is N#Cc1ccccc1OCc1nc(Cc2ccccc2)no1. The van der Waals surface area contributed by atoms with Gasteiger partial charge in [0.05, 0.1) is 5.56 Å². The Kier molecular flexibility index (Phi) is 4.12. The minimum atomic E-state index is 0.139. The van der Waals surface area contributed by atoms with Crippen molar-refractivity contribution in [2.75, 3.05) is 0 Å². The third kappa shape index (κ3) is 3.30. The summed E-state index contributed by atoms with van der Waals surface area (Å²) < 4.78 is 10.7. The van der Waals surface area contributed by atoms with Crippen LogP contribution in [-0.4, -0.2) is 10.1 Å². The first-order valence-corrected chi connectivity index (χ1v) is 6.82. The second-order valence-electron chi connectivity index (χ2n) is 4.66. The molecule has 0 unspecified atom stereocenters. The lowest BCUT2D eigenvalue weighted by atomic mass is 10.1. The van der Waals surface area contributed by atoms with Crippen LogP contribution in [0.4, 0.5) is 0 Å². The average Bonchev–Trinajstić information content (AvgIpc) is 3.01. The molecule has 0 saturated heterocycles. The van der Waals surface area contributed by atoms with E-state index in [0.29, 0.717) is 29.4 Å². The van der Waals surface area contributed by atoms with Gasteiger partial charge in [0.15, 0.2) is 12.4 Å². The van der Waals surface area contributed by atoms with Gasteiger partial charge in [-0.3, -0.25) is 0 Å². The summed E-state index contributed by atoms with van der Waals surface area (Å²) in [6.07, 6.45) is 0.610. The molecule has 0 amide bonds. The largest absolute Gasteiger partial charge is 0.482 e. The number of aromatic nitrogens is 2. The molecule has 0 radical (unpaired) electrons. The van der Waals surface area contributed by atoms with Gasteiger partial charge < -0.3 is 9.26 Å². The van der Waals surface area contributed by atoms with Gasteiger partial charge in [0.1, 0.15) is 11.8 Å². The molecule has 22 heavy (non-hydrogen) atoms. The first-order chi connectivity index (χ1) is 10.8. The molecule has 1 aromatic heterocycles. The highest BCUT2D eigenvalue weighted by Gasteiger charge is 2.09. The monoisotopic (exact) mass is 291 g/mol. The normalized spacial score (nSPS) is 10.1. The van der Waals surface area contributed by atoms with Crippen molar-refractivity contribution in [1.82, 2.24) is 10.1 Å². The molecule has 0 saturated carbocycles. The van der Waals surface area contributed by atoms with E-state index in [9.17, 15) is 0 Å². The van der Waals surface area contributed by atoms with Gasteiger partial charge in [0.25, 0.3) is 5.89 Å².